The van der Waals surface area contributed by atoms with Gasteiger partial charge in [0.25, 0.3) is 0 Å². The van der Waals surface area contributed by atoms with E-state index in [1.807, 2.05) is 0 Å². The number of carbonyl (C=O) groups excluding carboxylic acids is 2. The maximum absolute atomic E-state index is 12.1. The molecule has 1 heterocycles. The average molecular weight is 476 g/mol. The average Bonchev–Trinajstić information content (AvgIpc) is 2.79. The van der Waals surface area contributed by atoms with Crippen LogP contribution in [0.3, 0.4) is 0 Å². The van der Waals surface area contributed by atoms with Crippen molar-refractivity contribution in [3.63, 3.8) is 0 Å². The zero-order valence-corrected chi connectivity index (χ0v) is 18.0. The van der Waals surface area contributed by atoms with Gasteiger partial charge < -0.3 is 44.5 Å². The highest BCUT2D eigenvalue weighted by atomic mass is 16.7. The standard InChI is InChI=1S/C23H24O11/c1-12(24)32-22-18(11-31-19(28)9-3-13-2-8-16(26)17(27)10-13)34-23(21(30)20(22)29)33-15-6-4-14(25)5-7-15/h2-10,18,20-23,25-27,29-30H,11H2,1H3/t18-,20-,21-,22-,23-/m1/s1. The molecule has 182 valence electrons. The summed E-state index contributed by atoms with van der Waals surface area (Å²) in [7, 11) is 0. The van der Waals surface area contributed by atoms with E-state index in [4.69, 9.17) is 18.9 Å². The number of phenols is 3. The highest BCUT2D eigenvalue weighted by Crippen LogP contribution is 2.28. The van der Waals surface area contributed by atoms with Gasteiger partial charge in [-0.25, -0.2) is 4.79 Å². The molecule has 0 unspecified atom stereocenters. The molecule has 0 bridgehead atoms. The number of hydrogen-bond acceptors (Lipinski definition) is 11. The van der Waals surface area contributed by atoms with Gasteiger partial charge in [0.15, 0.2) is 17.6 Å². The zero-order valence-electron chi connectivity index (χ0n) is 18.0. The largest absolute Gasteiger partial charge is 0.508 e. The van der Waals surface area contributed by atoms with Crippen LogP contribution < -0.4 is 4.74 Å². The van der Waals surface area contributed by atoms with Gasteiger partial charge in [0.1, 0.15) is 36.4 Å². The topological polar surface area (TPSA) is 172 Å². The predicted octanol–water partition coefficient (Wildman–Crippen LogP) is 0.817. The van der Waals surface area contributed by atoms with Crippen molar-refractivity contribution in [3.05, 3.63) is 54.1 Å². The van der Waals surface area contributed by atoms with E-state index >= 15 is 0 Å². The van der Waals surface area contributed by atoms with Gasteiger partial charge in [0.05, 0.1) is 0 Å². The lowest BCUT2D eigenvalue weighted by molar-refractivity contribution is -0.281. The van der Waals surface area contributed by atoms with E-state index < -0.39 is 49.3 Å². The van der Waals surface area contributed by atoms with E-state index in [2.05, 4.69) is 0 Å². The minimum absolute atomic E-state index is 0.00669. The molecule has 11 heteroatoms. The van der Waals surface area contributed by atoms with Crippen LogP contribution >= 0.6 is 0 Å². The lowest BCUT2D eigenvalue weighted by atomic mass is 9.99. The molecule has 34 heavy (non-hydrogen) atoms. The second-order valence-electron chi connectivity index (χ2n) is 7.42. The van der Waals surface area contributed by atoms with Crippen LogP contribution in [-0.2, 0) is 23.8 Å². The zero-order chi connectivity index (χ0) is 24.8. The van der Waals surface area contributed by atoms with Crippen LogP contribution in [0.1, 0.15) is 12.5 Å². The number of aromatic hydroxyl groups is 3. The molecular formula is C23H24O11. The highest BCUT2D eigenvalue weighted by Gasteiger charge is 2.48. The fraction of sp³-hybridized carbons (Fsp3) is 0.304. The van der Waals surface area contributed by atoms with Crippen molar-refractivity contribution in [2.75, 3.05) is 6.61 Å². The summed E-state index contributed by atoms with van der Waals surface area (Å²) in [5, 5.41) is 49.1. The molecule has 2 aromatic carbocycles. The number of phenolic OH excluding ortho intramolecular Hbond substituents is 3. The van der Waals surface area contributed by atoms with E-state index in [1.165, 1.54) is 48.5 Å². The van der Waals surface area contributed by atoms with Crippen LogP contribution in [-0.4, -0.2) is 74.8 Å². The van der Waals surface area contributed by atoms with Crippen LogP contribution in [0.2, 0.25) is 0 Å². The lowest BCUT2D eigenvalue weighted by Gasteiger charge is -2.41. The van der Waals surface area contributed by atoms with Gasteiger partial charge in [-0.05, 0) is 48.0 Å². The molecule has 0 spiro atoms. The third kappa shape index (κ3) is 6.38. The first-order valence-corrected chi connectivity index (χ1v) is 10.2. The van der Waals surface area contributed by atoms with Crippen molar-refractivity contribution in [2.45, 2.75) is 37.6 Å². The summed E-state index contributed by atoms with van der Waals surface area (Å²) in [5.41, 5.74) is 0.417. The molecule has 0 saturated carbocycles. The summed E-state index contributed by atoms with van der Waals surface area (Å²) in [6.45, 7) is 0.651. The molecule has 5 atom stereocenters. The minimum Gasteiger partial charge on any atom is -0.508 e. The Bertz CT molecular complexity index is 1030. The monoisotopic (exact) mass is 476 g/mol. The third-order valence-corrected chi connectivity index (χ3v) is 4.83. The van der Waals surface area contributed by atoms with E-state index in [0.717, 1.165) is 13.0 Å². The number of hydrogen-bond donors (Lipinski definition) is 5. The van der Waals surface area contributed by atoms with Crippen molar-refractivity contribution < 1.29 is 54.1 Å². The van der Waals surface area contributed by atoms with Crippen LogP contribution in [0.15, 0.2) is 48.5 Å². The van der Waals surface area contributed by atoms with Gasteiger partial charge in [-0.2, -0.15) is 0 Å². The van der Waals surface area contributed by atoms with Gasteiger partial charge in [0, 0.05) is 13.0 Å². The Morgan fingerprint density at radius 2 is 1.71 bits per heavy atom. The van der Waals surface area contributed by atoms with Crippen molar-refractivity contribution in [1.29, 1.82) is 0 Å². The van der Waals surface area contributed by atoms with E-state index in [-0.39, 0.29) is 23.0 Å². The van der Waals surface area contributed by atoms with Crippen LogP contribution in [0.5, 0.6) is 23.0 Å². The maximum Gasteiger partial charge on any atom is 0.330 e. The summed E-state index contributed by atoms with van der Waals surface area (Å²) in [6, 6.07) is 9.48. The van der Waals surface area contributed by atoms with Crippen molar-refractivity contribution in [3.8, 4) is 23.0 Å². The Morgan fingerprint density at radius 1 is 1.00 bits per heavy atom. The highest BCUT2D eigenvalue weighted by molar-refractivity contribution is 5.87. The Morgan fingerprint density at radius 3 is 2.35 bits per heavy atom. The maximum atomic E-state index is 12.1. The normalized spacial score (nSPS) is 24.5. The number of aliphatic hydroxyl groups is 2. The lowest BCUT2D eigenvalue weighted by Crippen LogP contribution is -2.61. The van der Waals surface area contributed by atoms with E-state index in [9.17, 15) is 35.1 Å². The Balaban J connectivity index is 1.67. The molecule has 1 fully saturated rings. The number of ether oxygens (including phenoxy) is 4. The molecule has 1 aliphatic rings. The summed E-state index contributed by atoms with van der Waals surface area (Å²) in [5.74, 6) is -2.02. The number of esters is 2. The fourth-order valence-corrected chi connectivity index (χ4v) is 3.15. The predicted molar refractivity (Wildman–Crippen MR) is 115 cm³/mol. The second kappa shape index (κ2) is 10.9. The Kier molecular flexibility index (Phi) is 7.95. The molecule has 3 rings (SSSR count). The molecule has 0 aromatic heterocycles. The molecule has 5 N–H and O–H groups in total. The van der Waals surface area contributed by atoms with Crippen LogP contribution in [0.4, 0.5) is 0 Å². The van der Waals surface area contributed by atoms with E-state index in [1.54, 1.807) is 0 Å². The smallest absolute Gasteiger partial charge is 0.330 e. The summed E-state index contributed by atoms with van der Waals surface area (Å²) >= 11 is 0. The molecule has 2 aromatic rings. The van der Waals surface area contributed by atoms with E-state index in [0.29, 0.717) is 5.56 Å². The number of benzene rings is 2. The van der Waals surface area contributed by atoms with Crippen molar-refractivity contribution >= 4 is 18.0 Å². The second-order valence-corrected chi connectivity index (χ2v) is 7.42. The Hall–Kier alpha value is -3.80. The molecule has 1 aliphatic heterocycles. The minimum atomic E-state index is -1.61. The number of carbonyl (C=O) groups is 2. The quantitative estimate of drug-likeness (QED) is 0.218. The first-order valence-electron chi connectivity index (χ1n) is 10.2. The SMILES string of the molecule is CC(=O)O[C@H]1[C@H](O)[C@@H](O)[C@H](Oc2ccc(O)cc2)O[C@@H]1COC(=O)C=Cc1ccc(O)c(O)c1. The fourth-order valence-electron chi connectivity index (χ4n) is 3.15. The molecule has 11 nitrogen and oxygen atoms in total. The number of aliphatic hydroxyl groups excluding tert-OH is 2. The molecule has 1 saturated heterocycles. The first-order chi connectivity index (χ1) is 16.1. The number of rotatable bonds is 7. The van der Waals surface area contributed by atoms with Gasteiger partial charge in [-0.3, -0.25) is 4.79 Å². The van der Waals surface area contributed by atoms with Gasteiger partial charge in [-0.15, -0.1) is 0 Å². The summed E-state index contributed by atoms with van der Waals surface area (Å²) < 4.78 is 21.3. The Labute approximate surface area is 194 Å². The van der Waals surface area contributed by atoms with Crippen molar-refractivity contribution in [2.24, 2.45) is 0 Å². The molecular weight excluding hydrogens is 452 g/mol. The van der Waals surface area contributed by atoms with Gasteiger partial charge in [-0.1, -0.05) is 6.07 Å². The van der Waals surface area contributed by atoms with Gasteiger partial charge in [0.2, 0.25) is 6.29 Å². The summed E-state index contributed by atoms with van der Waals surface area (Å²) in [6.07, 6.45) is -4.75. The first kappa shape index (κ1) is 24.8. The van der Waals surface area contributed by atoms with Crippen molar-refractivity contribution in [1.82, 2.24) is 0 Å². The van der Waals surface area contributed by atoms with Gasteiger partial charge >= 0.3 is 11.9 Å². The molecule has 0 amide bonds. The third-order valence-electron chi connectivity index (χ3n) is 4.83. The molecule has 0 aliphatic carbocycles. The van der Waals surface area contributed by atoms with Crippen LogP contribution in [0.25, 0.3) is 6.08 Å². The molecule has 0 radical (unpaired) electrons. The summed E-state index contributed by atoms with van der Waals surface area (Å²) in [4.78, 5) is 23.6. The van der Waals surface area contributed by atoms with Crippen LogP contribution in [0, 0.1) is 0 Å².